The summed E-state index contributed by atoms with van der Waals surface area (Å²) in [4.78, 5) is 27.5. The van der Waals surface area contributed by atoms with Crippen LogP contribution in [0.15, 0.2) is 84.9 Å². The highest BCUT2D eigenvalue weighted by atomic mass is 33.1. The molecule has 4 nitrogen and oxygen atoms in total. The third kappa shape index (κ3) is 9.13. The van der Waals surface area contributed by atoms with Crippen LogP contribution in [0.2, 0.25) is 0 Å². The Morgan fingerprint density at radius 1 is 0.545 bits per heavy atom. The molecule has 0 saturated carbocycles. The number of aryl methyl sites for hydroxylation is 6. The molecule has 8 heteroatoms. The SMILES string of the molecule is Cc1cc(C)c(C(=O)P(OCCSSCCOP(C(=O)c2c(C)cc(C)cc2C)c2ccccc2)c2ccccc2)c(C)c1. The Morgan fingerprint density at radius 2 is 0.864 bits per heavy atom. The van der Waals surface area contributed by atoms with Crippen LogP contribution in [0, 0.1) is 41.5 Å². The van der Waals surface area contributed by atoms with E-state index in [0.29, 0.717) is 13.2 Å². The maximum absolute atomic E-state index is 13.7. The molecule has 0 bridgehead atoms. The van der Waals surface area contributed by atoms with Crippen LogP contribution in [0.3, 0.4) is 0 Å². The van der Waals surface area contributed by atoms with Crippen molar-refractivity contribution in [2.75, 3.05) is 24.7 Å². The molecule has 0 heterocycles. The van der Waals surface area contributed by atoms with Crippen molar-refractivity contribution >= 4 is 59.5 Å². The summed E-state index contributed by atoms with van der Waals surface area (Å²) in [7, 11) is 0.485. The Kier molecular flexibility index (Phi) is 13.2. The molecule has 0 amide bonds. The van der Waals surface area contributed by atoms with Gasteiger partial charge in [0.2, 0.25) is 11.0 Å². The molecule has 0 aliphatic carbocycles. The van der Waals surface area contributed by atoms with Gasteiger partial charge in [0.1, 0.15) is 16.3 Å². The molecular formula is C36H40O4P2S2. The lowest BCUT2D eigenvalue weighted by atomic mass is 10.0. The van der Waals surface area contributed by atoms with Crippen molar-refractivity contribution in [3.8, 4) is 0 Å². The Bertz CT molecular complexity index is 1410. The van der Waals surface area contributed by atoms with Crippen LogP contribution in [0.1, 0.15) is 54.1 Å². The topological polar surface area (TPSA) is 52.6 Å². The van der Waals surface area contributed by atoms with Crippen molar-refractivity contribution in [2.24, 2.45) is 0 Å². The van der Waals surface area contributed by atoms with E-state index in [0.717, 1.165) is 66.6 Å². The first-order chi connectivity index (χ1) is 21.2. The molecule has 230 valence electrons. The van der Waals surface area contributed by atoms with E-state index in [9.17, 15) is 9.59 Å². The van der Waals surface area contributed by atoms with Crippen molar-refractivity contribution in [3.05, 3.63) is 129 Å². The van der Waals surface area contributed by atoms with Gasteiger partial charge < -0.3 is 9.05 Å². The number of carbonyl (C=O) groups excluding carboxylic acids is 2. The Balaban J connectivity index is 1.32. The predicted octanol–water partition coefficient (Wildman–Crippen LogP) is 9.38. The molecular weight excluding hydrogens is 622 g/mol. The minimum absolute atomic E-state index is 0.0604. The van der Waals surface area contributed by atoms with Crippen LogP contribution in [-0.2, 0) is 9.05 Å². The molecule has 0 radical (unpaired) electrons. The van der Waals surface area contributed by atoms with E-state index in [-0.39, 0.29) is 11.0 Å². The summed E-state index contributed by atoms with van der Waals surface area (Å²) in [6, 6.07) is 27.9. The Hall–Kier alpha value is -2.30. The fourth-order valence-electron chi connectivity index (χ4n) is 5.31. The summed E-state index contributed by atoms with van der Waals surface area (Å²) < 4.78 is 12.6. The summed E-state index contributed by atoms with van der Waals surface area (Å²) >= 11 is 0. The molecule has 0 saturated heterocycles. The molecule has 4 aromatic carbocycles. The van der Waals surface area contributed by atoms with Gasteiger partial charge in [0.25, 0.3) is 0 Å². The van der Waals surface area contributed by atoms with Gasteiger partial charge in [0.05, 0.1) is 13.2 Å². The first-order valence-corrected chi connectivity index (χ1v) is 19.6. The second kappa shape index (κ2) is 16.9. The molecule has 4 aromatic rings. The second-order valence-corrected chi connectivity index (χ2v) is 17.0. The highest BCUT2D eigenvalue weighted by molar-refractivity contribution is 8.76. The molecule has 0 aliphatic rings. The van der Waals surface area contributed by atoms with Crippen molar-refractivity contribution in [3.63, 3.8) is 0 Å². The van der Waals surface area contributed by atoms with Crippen LogP contribution < -0.4 is 10.6 Å². The summed E-state index contributed by atoms with van der Waals surface area (Å²) in [6.07, 6.45) is 0. The predicted molar refractivity (Wildman–Crippen MR) is 193 cm³/mol. The quantitative estimate of drug-likeness (QED) is 0.0719. The van der Waals surface area contributed by atoms with Crippen LogP contribution in [0.4, 0.5) is 0 Å². The average molecular weight is 663 g/mol. The standard InChI is InChI=1S/C36H40O4P2S2/c1-25-21-27(3)33(28(4)22-25)35(37)41(31-13-9-7-10-14-31)39-17-19-43-44-20-18-40-42(32-15-11-8-12-16-32)36(38)34-29(5)23-26(2)24-30(34)6/h7-16,21-24H,17-20H2,1-6H3. The first kappa shape index (κ1) is 34.6. The van der Waals surface area contributed by atoms with Crippen LogP contribution >= 0.6 is 37.9 Å². The maximum atomic E-state index is 13.7. The lowest BCUT2D eigenvalue weighted by Gasteiger charge is -2.20. The van der Waals surface area contributed by atoms with Gasteiger partial charge in [-0.15, -0.1) is 0 Å². The summed E-state index contributed by atoms with van der Waals surface area (Å²) in [5.41, 5.74) is 7.93. The molecule has 0 aromatic heterocycles. The van der Waals surface area contributed by atoms with E-state index in [4.69, 9.17) is 9.05 Å². The van der Waals surface area contributed by atoms with Gasteiger partial charge in [-0.3, -0.25) is 9.59 Å². The number of carbonyl (C=O) groups is 2. The maximum Gasteiger partial charge on any atom is 0.216 e. The largest absolute Gasteiger partial charge is 0.346 e. The van der Waals surface area contributed by atoms with E-state index in [2.05, 4.69) is 38.1 Å². The van der Waals surface area contributed by atoms with E-state index >= 15 is 0 Å². The highest BCUT2D eigenvalue weighted by Gasteiger charge is 2.27. The first-order valence-electron chi connectivity index (χ1n) is 14.6. The van der Waals surface area contributed by atoms with Gasteiger partial charge >= 0.3 is 0 Å². The minimum atomic E-state index is -1.46. The molecule has 0 aliphatic heterocycles. The monoisotopic (exact) mass is 662 g/mol. The zero-order valence-electron chi connectivity index (χ0n) is 26.3. The van der Waals surface area contributed by atoms with E-state index in [1.54, 1.807) is 21.6 Å². The molecule has 0 N–H and O–H groups in total. The summed E-state index contributed by atoms with van der Waals surface area (Å²) in [5.74, 6) is 1.48. The zero-order valence-corrected chi connectivity index (χ0v) is 29.7. The molecule has 44 heavy (non-hydrogen) atoms. The van der Waals surface area contributed by atoms with Crippen LogP contribution in [0.25, 0.3) is 0 Å². The molecule has 0 spiro atoms. The fraction of sp³-hybridized carbons (Fsp3) is 0.278. The zero-order chi connectivity index (χ0) is 31.6. The van der Waals surface area contributed by atoms with Crippen LogP contribution in [0.5, 0.6) is 0 Å². The van der Waals surface area contributed by atoms with Gasteiger partial charge in [0.15, 0.2) is 0 Å². The fourth-order valence-corrected chi connectivity index (χ4v) is 10.8. The summed E-state index contributed by atoms with van der Waals surface area (Å²) in [6.45, 7) is 13.0. The van der Waals surface area contributed by atoms with Crippen molar-refractivity contribution in [1.29, 1.82) is 0 Å². The lowest BCUT2D eigenvalue weighted by Crippen LogP contribution is -2.15. The van der Waals surface area contributed by atoms with Crippen molar-refractivity contribution < 1.29 is 18.6 Å². The van der Waals surface area contributed by atoms with Gasteiger partial charge in [-0.25, -0.2) is 0 Å². The Labute approximate surface area is 272 Å². The molecule has 4 rings (SSSR count). The van der Waals surface area contributed by atoms with Crippen LogP contribution in [-0.4, -0.2) is 35.8 Å². The molecule has 2 atom stereocenters. The van der Waals surface area contributed by atoms with Gasteiger partial charge in [-0.1, -0.05) is 118 Å². The molecule has 0 fully saturated rings. The normalized spacial score (nSPS) is 12.6. The molecule has 2 unspecified atom stereocenters. The third-order valence-electron chi connectivity index (χ3n) is 6.99. The van der Waals surface area contributed by atoms with Gasteiger partial charge in [-0.2, -0.15) is 0 Å². The number of hydrogen-bond acceptors (Lipinski definition) is 6. The summed E-state index contributed by atoms with van der Waals surface area (Å²) in [5, 5.41) is 1.85. The highest BCUT2D eigenvalue weighted by Crippen LogP contribution is 2.43. The van der Waals surface area contributed by atoms with E-state index in [1.165, 1.54) is 0 Å². The third-order valence-corrected chi connectivity index (χ3v) is 12.9. The van der Waals surface area contributed by atoms with Gasteiger partial charge in [-0.05, 0) is 63.8 Å². The minimum Gasteiger partial charge on any atom is -0.346 e. The lowest BCUT2D eigenvalue weighted by molar-refractivity contribution is 0.106. The average Bonchev–Trinajstić information content (AvgIpc) is 2.98. The number of benzene rings is 4. The number of rotatable bonds is 15. The van der Waals surface area contributed by atoms with Crippen molar-refractivity contribution in [1.82, 2.24) is 0 Å². The smallest absolute Gasteiger partial charge is 0.216 e. The van der Waals surface area contributed by atoms with E-state index in [1.807, 2.05) is 88.4 Å². The van der Waals surface area contributed by atoms with E-state index < -0.39 is 16.3 Å². The number of hydrogen-bond donors (Lipinski definition) is 0. The van der Waals surface area contributed by atoms with Gasteiger partial charge in [0, 0.05) is 33.2 Å². The second-order valence-electron chi connectivity index (χ2n) is 10.7. The Morgan fingerprint density at radius 3 is 1.18 bits per heavy atom. The van der Waals surface area contributed by atoms with Crippen molar-refractivity contribution in [2.45, 2.75) is 41.5 Å².